The molecule has 0 saturated carbocycles. The lowest BCUT2D eigenvalue weighted by atomic mass is 9.93. The number of nitrogens with one attached hydrogen (secondary N) is 1. The van der Waals surface area contributed by atoms with E-state index in [0.29, 0.717) is 0 Å². The van der Waals surface area contributed by atoms with Crippen molar-refractivity contribution in [2.24, 2.45) is 0 Å². The molecule has 1 aromatic heterocycles. The molecule has 0 aliphatic carbocycles. The molecule has 3 nitrogen and oxygen atoms in total. The van der Waals surface area contributed by atoms with Crippen LogP contribution in [0.1, 0.15) is 25.5 Å². The molecule has 17 heavy (non-hydrogen) atoms. The molecule has 0 bridgehead atoms. The van der Waals surface area contributed by atoms with Crippen LogP contribution in [0.4, 0.5) is 0 Å². The van der Waals surface area contributed by atoms with Crippen LogP contribution in [0.25, 0.3) is 10.1 Å². The van der Waals surface area contributed by atoms with Crippen LogP contribution in [0.3, 0.4) is 0 Å². The Morgan fingerprint density at radius 3 is 3.06 bits per heavy atom. The molecule has 1 aliphatic heterocycles. The van der Waals surface area contributed by atoms with Crippen LogP contribution in [-0.4, -0.2) is 18.0 Å². The Balaban J connectivity index is 2.16. The average molecular weight is 248 g/mol. The molecule has 2 aromatic rings. The second-order valence-corrected chi connectivity index (χ2v) is 5.56. The summed E-state index contributed by atoms with van der Waals surface area (Å²) in [4.78, 5) is 0. The summed E-state index contributed by atoms with van der Waals surface area (Å²) >= 11 is 1.57. The van der Waals surface area contributed by atoms with Crippen molar-refractivity contribution < 1.29 is 4.74 Å². The van der Waals surface area contributed by atoms with Crippen LogP contribution >= 0.6 is 11.5 Å². The van der Waals surface area contributed by atoms with Gasteiger partial charge in [0.2, 0.25) is 0 Å². The van der Waals surface area contributed by atoms with Crippen LogP contribution in [-0.2, 0) is 5.54 Å². The van der Waals surface area contributed by atoms with Crippen molar-refractivity contribution in [3.8, 4) is 5.75 Å². The third-order valence-electron chi connectivity index (χ3n) is 3.57. The number of fused-ring (bicyclic) bond motifs is 1. The fraction of sp³-hybridized carbons (Fsp3) is 0.462. The summed E-state index contributed by atoms with van der Waals surface area (Å²) in [5, 5.41) is 4.80. The predicted octanol–water partition coefficient (Wildman–Crippen LogP) is 2.90. The first-order valence-corrected chi connectivity index (χ1v) is 6.69. The summed E-state index contributed by atoms with van der Waals surface area (Å²) in [7, 11) is 1.70. The Labute approximate surface area is 105 Å². The van der Waals surface area contributed by atoms with Crippen LogP contribution < -0.4 is 10.1 Å². The molecule has 0 radical (unpaired) electrons. The van der Waals surface area contributed by atoms with E-state index in [4.69, 9.17) is 4.74 Å². The molecule has 3 rings (SSSR count). The van der Waals surface area contributed by atoms with Crippen molar-refractivity contribution >= 4 is 21.6 Å². The molecule has 2 heterocycles. The molecule has 1 atom stereocenters. The molecular weight excluding hydrogens is 232 g/mol. The highest BCUT2D eigenvalue weighted by molar-refractivity contribution is 7.13. The van der Waals surface area contributed by atoms with Crippen molar-refractivity contribution in [1.29, 1.82) is 0 Å². The van der Waals surface area contributed by atoms with E-state index in [-0.39, 0.29) is 5.54 Å². The molecule has 1 N–H and O–H groups in total. The Morgan fingerprint density at radius 2 is 2.35 bits per heavy atom. The maximum Gasteiger partial charge on any atom is 0.119 e. The van der Waals surface area contributed by atoms with Gasteiger partial charge < -0.3 is 10.1 Å². The van der Waals surface area contributed by atoms with E-state index in [1.54, 1.807) is 18.6 Å². The van der Waals surface area contributed by atoms with Gasteiger partial charge in [0.25, 0.3) is 0 Å². The summed E-state index contributed by atoms with van der Waals surface area (Å²) in [6.07, 6.45) is 2.38. The number of nitrogens with zero attached hydrogens (tertiary/aromatic N) is 1. The summed E-state index contributed by atoms with van der Waals surface area (Å²) in [6, 6.07) is 6.18. The zero-order valence-electron chi connectivity index (χ0n) is 10.1. The average Bonchev–Trinajstić information content (AvgIpc) is 2.95. The second-order valence-electron chi connectivity index (χ2n) is 4.76. The van der Waals surface area contributed by atoms with E-state index in [2.05, 4.69) is 28.7 Å². The number of methoxy groups -OCH3 is 1. The van der Waals surface area contributed by atoms with Crippen molar-refractivity contribution in [3.05, 3.63) is 23.9 Å². The largest absolute Gasteiger partial charge is 0.497 e. The first kappa shape index (κ1) is 11.0. The first-order chi connectivity index (χ1) is 8.23. The van der Waals surface area contributed by atoms with Gasteiger partial charge in [-0.1, -0.05) is 0 Å². The van der Waals surface area contributed by atoms with Crippen LogP contribution in [0.2, 0.25) is 0 Å². The van der Waals surface area contributed by atoms with Gasteiger partial charge in [0.15, 0.2) is 0 Å². The van der Waals surface area contributed by atoms with Gasteiger partial charge in [0.1, 0.15) is 5.75 Å². The highest BCUT2D eigenvalue weighted by atomic mass is 32.1. The van der Waals surface area contributed by atoms with Gasteiger partial charge in [-0.3, -0.25) is 0 Å². The van der Waals surface area contributed by atoms with Gasteiger partial charge in [0.05, 0.1) is 23.0 Å². The van der Waals surface area contributed by atoms with E-state index in [1.807, 2.05) is 6.07 Å². The van der Waals surface area contributed by atoms with Crippen molar-refractivity contribution in [3.63, 3.8) is 0 Å². The topological polar surface area (TPSA) is 34.1 Å². The molecule has 0 amide bonds. The Morgan fingerprint density at radius 1 is 1.47 bits per heavy atom. The van der Waals surface area contributed by atoms with Crippen molar-refractivity contribution in [1.82, 2.24) is 9.69 Å². The molecule has 1 aromatic carbocycles. The van der Waals surface area contributed by atoms with E-state index in [0.717, 1.165) is 18.7 Å². The third kappa shape index (κ3) is 1.72. The van der Waals surface area contributed by atoms with E-state index in [1.165, 1.54) is 22.2 Å². The van der Waals surface area contributed by atoms with Crippen LogP contribution in [0.15, 0.2) is 18.2 Å². The van der Waals surface area contributed by atoms with E-state index >= 15 is 0 Å². The third-order valence-corrected chi connectivity index (χ3v) is 4.40. The SMILES string of the molecule is COc1ccc2snc(C3(C)CCCN3)c2c1. The molecule has 4 heteroatoms. The lowest BCUT2D eigenvalue weighted by molar-refractivity contribution is 0.414. The van der Waals surface area contributed by atoms with Gasteiger partial charge in [0, 0.05) is 5.39 Å². The molecular formula is C13H16N2OS. The Bertz CT molecular complexity index is 543. The second kappa shape index (κ2) is 3.96. The molecule has 0 spiro atoms. The van der Waals surface area contributed by atoms with Gasteiger partial charge in [-0.15, -0.1) is 0 Å². The maximum atomic E-state index is 5.30. The first-order valence-electron chi connectivity index (χ1n) is 5.92. The lowest BCUT2D eigenvalue weighted by Gasteiger charge is -2.22. The molecule has 1 unspecified atom stereocenters. The smallest absolute Gasteiger partial charge is 0.119 e. The normalized spacial score (nSPS) is 24.4. The van der Waals surface area contributed by atoms with E-state index < -0.39 is 0 Å². The lowest BCUT2D eigenvalue weighted by Crippen LogP contribution is -2.33. The summed E-state index contributed by atoms with van der Waals surface area (Å²) < 4.78 is 11.2. The van der Waals surface area contributed by atoms with Gasteiger partial charge >= 0.3 is 0 Å². The quantitative estimate of drug-likeness (QED) is 0.887. The molecule has 1 aliphatic rings. The summed E-state index contributed by atoms with van der Waals surface area (Å²) in [5.74, 6) is 0.903. The number of benzene rings is 1. The number of ether oxygens (including phenoxy) is 1. The summed E-state index contributed by atoms with van der Waals surface area (Å²) in [5.41, 5.74) is 1.21. The molecule has 1 fully saturated rings. The number of hydrogen-bond donors (Lipinski definition) is 1. The number of hydrogen-bond acceptors (Lipinski definition) is 4. The minimum atomic E-state index is 0.0324. The van der Waals surface area contributed by atoms with Crippen LogP contribution in [0.5, 0.6) is 5.75 Å². The van der Waals surface area contributed by atoms with Crippen LogP contribution in [0, 0.1) is 0 Å². The number of aromatic nitrogens is 1. The highest BCUT2D eigenvalue weighted by Gasteiger charge is 2.33. The highest BCUT2D eigenvalue weighted by Crippen LogP contribution is 2.37. The maximum absolute atomic E-state index is 5.30. The van der Waals surface area contributed by atoms with Crippen molar-refractivity contribution in [2.75, 3.05) is 13.7 Å². The minimum Gasteiger partial charge on any atom is -0.497 e. The zero-order chi connectivity index (χ0) is 11.9. The van der Waals surface area contributed by atoms with Gasteiger partial charge in [-0.05, 0) is 56.0 Å². The Hall–Kier alpha value is -1.13. The predicted molar refractivity (Wildman–Crippen MR) is 70.8 cm³/mol. The van der Waals surface area contributed by atoms with Gasteiger partial charge in [-0.25, -0.2) is 0 Å². The Kier molecular flexibility index (Phi) is 2.56. The fourth-order valence-electron chi connectivity index (χ4n) is 2.54. The zero-order valence-corrected chi connectivity index (χ0v) is 10.9. The van der Waals surface area contributed by atoms with E-state index in [9.17, 15) is 0 Å². The summed E-state index contributed by atoms with van der Waals surface area (Å²) in [6.45, 7) is 3.33. The minimum absolute atomic E-state index is 0.0324. The van der Waals surface area contributed by atoms with Gasteiger partial charge in [-0.2, -0.15) is 4.37 Å². The number of rotatable bonds is 2. The standard InChI is InChI=1S/C13H16N2OS/c1-13(6-3-7-14-13)12-10-8-9(16-2)4-5-11(10)17-15-12/h4-5,8,14H,3,6-7H2,1-2H3. The fourth-order valence-corrected chi connectivity index (χ4v) is 3.41. The molecule has 90 valence electrons. The van der Waals surface area contributed by atoms with Crippen molar-refractivity contribution in [2.45, 2.75) is 25.3 Å². The molecule has 1 saturated heterocycles. The monoisotopic (exact) mass is 248 g/mol.